The zero-order valence-electron chi connectivity index (χ0n) is 15.9. The Labute approximate surface area is 167 Å². The number of hydrogen-bond donors (Lipinski definition) is 1. The molecule has 2 atom stereocenters. The average molecular weight is 416 g/mol. The lowest BCUT2D eigenvalue weighted by molar-refractivity contribution is 0.133. The van der Waals surface area contributed by atoms with Crippen molar-refractivity contribution in [3.8, 4) is 11.6 Å². The smallest absolute Gasteiger partial charge is 0.226 e. The Morgan fingerprint density at radius 1 is 1.17 bits per heavy atom. The van der Waals surface area contributed by atoms with Crippen molar-refractivity contribution >= 4 is 20.9 Å². The summed E-state index contributed by atoms with van der Waals surface area (Å²) in [5, 5.41) is 4.29. The zero-order valence-corrected chi connectivity index (χ0v) is 16.7. The first kappa shape index (κ1) is 18.5. The molecule has 0 spiro atoms. The van der Waals surface area contributed by atoms with Crippen LogP contribution in [-0.2, 0) is 9.84 Å². The number of aromatic nitrogens is 3. The van der Waals surface area contributed by atoms with E-state index < -0.39 is 15.7 Å². The van der Waals surface area contributed by atoms with Gasteiger partial charge in [0.15, 0.2) is 15.5 Å². The van der Waals surface area contributed by atoms with Gasteiger partial charge in [0, 0.05) is 24.5 Å². The molecular weight excluding hydrogens is 395 g/mol. The summed E-state index contributed by atoms with van der Waals surface area (Å²) in [6.45, 7) is 0. The van der Waals surface area contributed by atoms with Crippen LogP contribution in [0, 0.1) is 5.82 Å². The monoisotopic (exact) mass is 416 g/mol. The minimum Gasteiger partial charge on any atom is -0.474 e. The summed E-state index contributed by atoms with van der Waals surface area (Å²) in [7, 11) is -3.48. The Balaban J connectivity index is 1.49. The quantitative estimate of drug-likeness (QED) is 0.704. The lowest BCUT2D eigenvalue weighted by Gasteiger charge is -2.29. The zero-order chi connectivity index (χ0) is 20.2. The van der Waals surface area contributed by atoms with Crippen LogP contribution in [0.15, 0.2) is 41.7 Å². The van der Waals surface area contributed by atoms with Crippen molar-refractivity contribution in [1.29, 1.82) is 0 Å². The molecule has 1 N–H and O–H groups in total. The molecule has 2 bridgehead atoms. The summed E-state index contributed by atoms with van der Waals surface area (Å²) in [5.41, 5.74) is 0.731. The van der Waals surface area contributed by atoms with E-state index in [1.54, 1.807) is 16.8 Å². The van der Waals surface area contributed by atoms with Gasteiger partial charge in [-0.1, -0.05) is 0 Å². The van der Waals surface area contributed by atoms with Gasteiger partial charge in [-0.15, -0.1) is 0 Å². The number of sulfone groups is 1. The normalized spacial score (nSPS) is 24.1. The number of ether oxygens (including phenoxy) is 1. The minimum atomic E-state index is -3.48. The fraction of sp³-hybridized carbons (Fsp3) is 0.400. The van der Waals surface area contributed by atoms with Crippen molar-refractivity contribution in [2.75, 3.05) is 6.26 Å². The molecule has 2 unspecified atom stereocenters. The van der Waals surface area contributed by atoms with Crippen LogP contribution >= 0.6 is 0 Å². The minimum absolute atomic E-state index is 0.0607. The van der Waals surface area contributed by atoms with Crippen molar-refractivity contribution in [2.45, 2.75) is 48.8 Å². The summed E-state index contributed by atoms with van der Waals surface area (Å²) in [6.07, 6.45) is 8.51. The molecule has 2 aliphatic rings. The first-order valence-electron chi connectivity index (χ1n) is 9.63. The number of fused-ring (bicyclic) bond motifs is 3. The van der Waals surface area contributed by atoms with Gasteiger partial charge in [0.25, 0.3) is 0 Å². The number of nitrogens with one attached hydrogen (secondary N) is 1. The highest BCUT2D eigenvalue weighted by Crippen LogP contribution is 2.32. The van der Waals surface area contributed by atoms with Crippen LogP contribution in [0.3, 0.4) is 0 Å². The third-order valence-electron chi connectivity index (χ3n) is 5.76. The van der Waals surface area contributed by atoms with Crippen LogP contribution in [0.25, 0.3) is 16.7 Å². The summed E-state index contributed by atoms with van der Waals surface area (Å²) >= 11 is 0. The van der Waals surface area contributed by atoms with E-state index in [-0.39, 0.29) is 16.7 Å². The summed E-state index contributed by atoms with van der Waals surface area (Å²) in [5.74, 6) is -0.144. The molecule has 0 aliphatic carbocycles. The molecule has 5 rings (SSSR count). The van der Waals surface area contributed by atoms with Gasteiger partial charge >= 0.3 is 0 Å². The van der Waals surface area contributed by atoms with E-state index in [4.69, 9.17) is 4.74 Å². The Morgan fingerprint density at radius 3 is 2.62 bits per heavy atom. The van der Waals surface area contributed by atoms with E-state index in [1.165, 1.54) is 31.3 Å². The molecule has 152 valence electrons. The first-order valence-corrected chi connectivity index (χ1v) is 11.5. The molecule has 0 amide bonds. The highest BCUT2D eigenvalue weighted by molar-refractivity contribution is 7.90. The van der Waals surface area contributed by atoms with Crippen LogP contribution in [0.2, 0.25) is 0 Å². The Bertz CT molecular complexity index is 1180. The Hall–Kier alpha value is -2.52. The number of halogens is 1. The molecule has 0 radical (unpaired) electrons. The van der Waals surface area contributed by atoms with E-state index in [1.807, 2.05) is 0 Å². The molecular formula is C20H21FN4O3S. The van der Waals surface area contributed by atoms with Crippen LogP contribution < -0.4 is 10.1 Å². The number of nitrogens with zero attached hydrogens (tertiary/aromatic N) is 3. The van der Waals surface area contributed by atoms with E-state index >= 15 is 0 Å². The molecule has 9 heteroatoms. The third kappa shape index (κ3) is 3.38. The molecule has 0 saturated carbocycles. The highest BCUT2D eigenvalue weighted by atomic mass is 32.2. The topological polar surface area (TPSA) is 86.1 Å². The summed E-state index contributed by atoms with van der Waals surface area (Å²) in [6, 6.07) is 6.66. The van der Waals surface area contributed by atoms with Gasteiger partial charge < -0.3 is 10.1 Å². The predicted octanol–water partition coefficient (Wildman–Crippen LogP) is 2.62. The second kappa shape index (κ2) is 6.77. The maximum Gasteiger partial charge on any atom is 0.226 e. The highest BCUT2D eigenvalue weighted by Gasteiger charge is 2.35. The van der Waals surface area contributed by atoms with Gasteiger partial charge in [-0.25, -0.2) is 22.8 Å². The maximum atomic E-state index is 14.7. The SMILES string of the molecule is CS(=O)(=O)c1ccc(-n2ccc3c(OC4CC5CCC(C4)N5)ncnc32)c(F)c1. The molecule has 29 heavy (non-hydrogen) atoms. The van der Waals surface area contributed by atoms with E-state index in [0.29, 0.717) is 29.0 Å². The van der Waals surface area contributed by atoms with E-state index in [9.17, 15) is 12.8 Å². The molecule has 7 nitrogen and oxygen atoms in total. The van der Waals surface area contributed by atoms with Gasteiger partial charge in [-0.2, -0.15) is 0 Å². The molecule has 2 fully saturated rings. The van der Waals surface area contributed by atoms with Gasteiger partial charge in [-0.3, -0.25) is 4.57 Å². The number of benzene rings is 1. The molecule has 2 aromatic heterocycles. The van der Waals surface area contributed by atoms with Gasteiger partial charge in [0.1, 0.15) is 18.2 Å². The van der Waals surface area contributed by atoms with Crippen molar-refractivity contribution in [2.24, 2.45) is 0 Å². The van der Waals surface area contributed by atoms with Crippen LogP contribution in [0.4, 0.5) is 4.39 Å². The predicted molar refractivity (Wildman–Crippen MR) is 106 cm³/mol. The lowest BCUT2D eigenvalue weighted by Crippen LogP contribution is -2.42. The first-order chi connectivity index (χ1) is 13.9. The van der Waals surface area contributed by atoms with Crippen LogP contribution in [-0.4, -0.2) is 47.4 Å². The molecule has 2 aliphatic heterocycles. The molecule has 2 saturated heterocycles. The lowest BCUT2D eigenvalue weighted by atomic mass is 10.0. The van der Waals surface area contributed by atoms with Gasteiger partial charge in [0.05, 0.1) is 16.0 Å². The van der Waals surface area contributed by atoms with Crippen molar-refractivity contribution in [3.63, 3.8) is 0 Å². The van der Waals surface area contributed by atoms with Gasteiger partial charge in [0.2, 0.25) is 5.88 Å². The Morgan fingerprint density at radius 2 is 1.93 bits per heavy atom. The second-order valence-corrected chi connectivity index (χ2v) is 9.85. The third-order valence-corrected chi connectivity index (χ3v) is 6.87. The number of rotatable bonds is 4. The summed E-state index contributed by atoms with van der Waals surface area (Å²) < 4.78 is 45.8. The van der Waals surface area contributed by atoms with Crippen molar-refractivity contribution in [3.05, 3.63) is 42.6 Å². The van der Waals surface area contributed by atoms with E-state index in [2.05, 4.69) is 15.3 Å². The van der Waals surface area contributed by atoms with Crippen LogP contribution in [0.1, 0.15) is 25.7 Å². The Kier molecular flexibility index (Phi) is 4.32. The van der Waals surface area contributed by atoms with Crippen LogP contribution in [0.5, 0.6) is 5.88 Å². The molecule has 4 heterocycles. The van der Waals surface area contributed by atoms with E-state index in [0.717, 1.165) is 25.2 Å². The number of hydrogen-bond acceptors (Lipinski definition) is 6. The molecule has 1 aromatic carbocycles. The van der Waals surface area contributed by atoms with Crippen molar-refractivity contribution < 1.29 is 17.5 Å². The fourth-order valence-corrected chi connectivity index (χ4v) is 5.02. The second-order valence-electron chi connectivity index (χ2n) is 7.84. The standard InChI is InChI=1S/C20H21FN4O3S/c1-29(26,27)15-4-5-18(17(21)10-15)25-7-6-16-19(25)22-11-23-20(16)28-14-8-12-2-3-13(9-14)24-12/h4-7,10-14,24H,2-3,8-9H2,1H3. The van der Waals surface area contributed by atoms with Gasteiger partial charge in [-0.05, 0) is 49.9 Å². The average Bonchev–Trinajstić information content (AvgIpc) is 3.25. The fourth-order valence-electron chi connectivity index (χ4n) is 4.39. The number of piperidine rings is 1. The maximum absolute atomic E-state index is 14.7. The molecule has 3 aromatic rings. The van der Waals surface area contributed by atoms with Crippen molar-refractivity contribution in [1.82, 2.24) is 19.9 Å². The largest absolute Gasteiger partial charge is 0.474 e. The summed E-state index contributed by atoms with van der Waals surface area (Å²) in [4.78, 5) is 8.55.